The van der Waals surface area contributed by atoms with Crippen molar-refractivity contribution in [2.45, 2.75) is 18.9 Å². The Morgan fingerprint density at radius 2 is 1.75 bits per heavy atom. The van der Waals surface area contributed by atoms with E-state index in [2.05, 4.69) is 10.9 Å². The number of fused-ring (bicyclic) bond motifs is 1. The first-order chi connectivity index (χ1) is 15.5. The third kappa shape index (κ3) is 6.03. The van der Waals surface area contributed by atoms with Gasteiger partial charge in [-0.2, -0.15) is 0 Å². The molecule has 10 heteroatoms. The van der Waals surface area contributed by atoms with Gasteiger partial charge in [0.15, 0.2) is 29.6 Å². The summed E-state index contributed by atoms with van der Waals surface area (Å²) in [4.78, 5) is 35.9. The number of carbonyl (C=O) groups excluding carboxylic acids is 3. The van der Waals surface area contributed by atoms with Crippen LogP contribution in [-0.4, -0.2) is 51.3 Å². The van der Waals surface area contributed by atoms with Crippen LogP contribution in [0.15, 0.2) is 42.5 Å². The lowest BCUT2D eigenvalue weighted by atomic mass is 10.1. The number of esters is 1. The molecule has 0 spiro atoms. The molecule has 1 aliphatic rings. The Morgan fingerprint density at radius 3 is 2.50 bits per heavy atom. The largest absolute Gasteiger partial charge is 0.493 e. The minimum atomic E-state index is -0.922. The van der Waals surface area contributed by atoms with Gasteiger partial charge in [0, 0.05) is 6.42 Å². The monoisotopic (exact) mass is 444 g/mol. The number of methoxy groups -OCH3 is 2. The first-order valence-corrected chi connectivity index (χ1v) is 9.84. The molecular formula is C22H24N2O8. The van der Waals surface area contributed by atoms with Crippen LogP contribution in [0.25, 0.3) is 0 Å². The van der Waals surface area contributed by atoms with Crippen LogP contribution in [0.5, 0.6) is 23.0 Å². The predicted molar refractivity (Wildman–Crippen MR) is 111 cm³/mol. The summed E-state index contributed by atoms with van der Waals surface area (Å²) >= 11 is 0. The molecular weight excluding hydrogens is 420 g/mol. The highest BCUT2D eigenvalue weighted by atomic mass is 16.6. The molecule has 0 bridgehead atoms. The standard InChI is InChI=1S/C22H24N2O8/c1-28-15-9-7-14(11-18(15)29-2)8-10-21(26)31-13-20(25)23-24-22(27)19-12-30-16-5-3-4-6-17(16)32-19/h3-7,9,11,19H,8,10,12-13H2,1-2H3,(H,23,25)(H,24,27). The van der Waals surface area contributed by atoms with Crippen LogP contribution in [0.3, 0.4) is 0 Å². The van der Waals surface area contributed by atoms with E-state index in [9.17, 15) is 14.4 Å². The van der Waals surface area contributed by atoms with E-state index in [0.717, 1.165) is 5.56 Å². The second-order valence-electron chi connectivity index (χ2n) is 6.75. The van der Waals surface area contributed by atoms with Gasteiger partial charge in [0.1, 0.15) is 6.61 Å². The van der Waals surface area contributed by atoms with Gasteiger partial charge in [-0.3, -0.25) is 25.2 Å². The number of para-hydroxylation sites is 2. The fourth-order valence-electron chi connectivity index (χ4n) is 2.90. The predicted octanol–water partition coefficient (Wildman–Crippen LogP) is 1.17. The summed E-state index contributed by atoms with van der Waals surface area (Å²) < 4.78 is 26.3. The van der Waals surface area contributed by atoms with E-state index >= 15 is 0 Å². The second kappa shape index (κ2) is 10.9. The molecule has 2 aromatic rings. The average Bonchev–Trinajstić information content (AvgIpc) is 2.84. The number of hydrogen-bond donors (Lipinski definition) is 2. The van der Waals surface area contributed by atoms with Gasteiger partial charge in [-0.1, -0.05) is 18.2 Å². The highest BCUT2D eigenvalue weighted by Gasteiger charge is 2.27. The van der Waals surface area contributed by atoms with Gasteiger partial charge in [0.2, 0.25) is 6.10 Å². The van der Waals surface area contributed by atoms with Crippen molar-refractivity contribution in [2.24, 2.45) is 0 Å². The molecule has 0 aromatic heterocycles. The summed E-state index contributed by atoms with van der Waals surface area (Å²) in [6, 6.07) is 12.3. The zero-order valence-electron chi connectivity index (χ0n) is 17.7. The molecule has 3 rings (SSSR count). The van der Waals surface area contributed by atoms with Gasteiger partial charge >= 0.3 is 5.97 Å². The molecule has 10 nitrogen and oxygen atoms in total. The lowest BCUT2D eigenvalue weighted by Crippen LogP contribution is -2.51. The molecule has 2 amide bonds. The normalized spacial score (nSPS) is 14.1. The minimum Gasteiger partial charge on any atom is -0.493 e. The maximum atomic E-state index is 12.2. The summed E-state index contributed by atoms with van der Waals surface area (Å²) in [5, 5.41) is 0. The van der Waals surface area contributed by atoms with E-state index in [1.807, 2.05) is 6.07 Å². The van der Waals surface area contributed by atoms with Crippen LogP contribution in [0.4, 0.5) is 0 Å². The summed E-state index contributed by atoms with van der Waals surface area (Å²) in [7, 11) is 3.07. The van der Waals surface area contributed by atoms with E-state index < -0.39 is 30.5 Å². The van der Waals surface area contributed by atoms with Gasteiger partial charge in [0.25, 0.3) is 11.8 Å². The molecule has 2 aromatic carbocycles. The van der Waals surface area contributed by atoms with Crippen molar-refractivity contribution >= 4 is 17.8 Å². The summed E-state index contributed by atoms with van der Waals surface area (Å²) in [5.41, 5.74) is 5.26. The Bertz CT molecular complexity index is 978. The highest BCUT2D eigenvalue weighted by molar-refractivity contribution is 5.86. The average molecular weight is 444 g/mol. The molecule has 1 aliphatic heterocycles. The van der Waals surface area contributed by atoms with E-state index in [1.54, 1.807) is 36.4 Å². The van der Waals surface area contributed by atoms with E-state index in [-0.39, 0.29) is 13.0 Å². The first-order valence-electron chi connectivity index (χ1n) is 9.84. The van der Waals surface area contributed by atoms with Crippen molar-refractivity contribution in [3.63, 3.8) is 0 Å². The Morgan fingerprint density at radius 1 is 1.00 bits per heavy atom. The van der Waals surface area contributed by atoms with Crippen LogP contribution in [-0.2, 0) is 25.5 Å². The van der Waals surface area contributed by atoms with E-state index in [4.69, 9.17) is 23.7 Å². The summed E-state index contributed by atoms with van der Waals surface area (Å²) in [6.07, 6.45) is -0.450. The zero-order valence-corrected chi connectivity index (χ0v) is 17.7. The van der Waals surface area contributed by atoms with Gasteiger partial charge in [-0.15, -0.1) is 0 Å². The Hall–Kier alpha value is -3.95. The fraction of sp³-hybridized carbons (Fsp3) is 0.318. The van der Waals surface area contributed by atoms with Crippen molar-refractivity contribution in [3.8, 4) is 23.0 Å². The van der Waals surface area contributed by atoms with Crippen molar-refractivity contribution in [2.75, 3.05) is 27.4 Å². The molecule has 32 heavy (non-hydrogen) atoms. The molecule has 0 aliphatic carbocycles. The second-order valence-corrected chi connectivity index (χ2v) is 6.75. The first kappa shape index (κ1) is 22.7. The topological polar surface area (TPSA) is 121 Å². The molecule has 0 saturated heterocycles. The third-order valence-electron chi connectivity index (χ3n) is 4.56. The van der Waals surface area contributed by atoms with Gasteiger partial charge in [-0.25, -0.2) is 0 Å². The molecule has 2 N–H and O–H groups in total. The molecule has 0 radical (unpaired) electrons. The fourth-order valence-corrected chi connectivity index (χ4v) is 2.90. The number of hydrogen-bond acceptors (Lipinski definition) is 8. The number of hydrazine groups is 1. The SMILES string of the molecule is COc1ccc(CCC(=O)OCC(=O)NNC(=O)C2COc3ccccc3O2)cc1OC. The molecule has 170 valence electrons. The number of amides is 2. The van der Waals surface area contributed by atoms with Gasteiger partial charge < -0.3 is 23.7 Å². The lowest BCUT2D eigenvalue weighted by Gasteiger charge is -2.25. The number of aryl methyl sites for hydroxylation is 1. The summed E-state index contributed by atoms with van der Waals surface area (Å²) in [5.74, 6) is 0.301. The number of rotatable bonds is 8. The van der Waals surface area contributed by atoms with Gasteiger partial charge in [-0.05, 0) is 36.2 Å². The zero-order chi connectivity index (χ0) is 22.9. The number of ether oxygens (including phenoxy) is 5. The van der Waals surface area contributed by atoms with E-state index in [1.165, 1.54) is 14.2 Å². The van der Waals surface area contributed by atoms with Crippen molar-refractivity contribution in [1.29, 1.82) is 0 Å². The molecule has 1 heterocycles. The maximum absolute atomic E-state index is 12.2. The Labute approximate surface area is 184 Å². The minimum absolute atomic E-state index is 0.00382. The van der Waals surface area contributed by atoms with Crippen molar-refractivity contribution < 1.29 is 38.1 Å². The van der Waals surface area contributed by atoms with Crippen LogP contribution >= 0.6 is 0 Å². The Kier molecular flexibility index (Phi) is 7.74. The maximum Gasteiger partial charge on any atom is 0.306 e. The van der Waals surface area contributed by atoms with Crippen LogP contribution in [0, 0.1) is 0 Å². The van der Waals surface area contributed by atoms with Crippen LogP contribution in [0.1, 0.15) is 12.0 Å². The molecule has 1 atom stereocenters. The van der Waals surface area contributed by atoms with E-state index in [0.29, 0.717) is 29.4 Å². The van der Waals surface area contributed by atoms with Gasteiger partial charge in [0.05, 0.1) is 14.2 Å². The molecule has 0 fully saturated rings. The molecule has 1 unspecified atom stereocenters. The lowest BCUT2D eigenvalue weighted by molar-refractivity contribution is -0.149. The Balaban J connectivity index is 1.36. The number of nitrogens with one attached hydrogen (secondary N) is 2. The third-order valence-corrected chi connectivity index (χ3v) is 4.56. The van der Waals surface area contributed by atoms with Crippen LogP contribution < -0.4 is 29.8 Å². The number of carbonyl (C=O) groups is 3. The highest BCUT2D eigenvalue weighted by Crippen LogP contribution is 2.31. The smallest absolute Gasteiger partial charge is 0.306 e. The summed E-state index contributed by atoms with van der Waals surface area (Å²) in [6.45, 7) is -0.528. The van der Waals surface area contributed by atoms with Crippen molar-refractivity contribution in [1.82, 2.24) is 10.9 Å². The molecule has 0 saturated carbocycles. The number of benzene rings is 2. The quantitative estimate of drug-likeness (QED) is 0.460. The van der Waals surface area contributed by atoms with Crippen molar-refractivity contribution in [3.05, 3.63) is 48.0 Å². The van der Waals surface area contributed by atoms with Crippen LogP contribution in [0.2, 0.25) is 0 Å².